The molecule has 0 radical (unpaired) electrons. The first-order valence-corrected chi connectivity index (χ1v) is 9.00. The minimum atomic E-state index is -3.59. The molecular formula is C17H21N3O3S. The standard InChI is InChI=1S/C17H21N3O3S/c1-4-18-24(22,23)16-7-5-6-13(12-16)17(21)19-14-8-10-15(11-9-14)20(2)3/h5-12,18H,4H2,1-3H3,(H,19,21). The summed E-state index contributed by atoms with van der Waals surface area (Å²) in [5.41, 5.74) is 1.95. The molecule has 2 aromatic rings. The molecule has 24 heavy (non-hydrogen) atoms. The van der Waals surface area contributed by atoms with E-state index in [4.69, 9.17) is 0 Å². The minimum absolute atomic E-state index is 0.0694. The first kappa shape index (κ1) is 18.0. The Labute approximate surface area is 142 Å². The van der Waals surface area contributed by atoms with Crippen LogP contribution in [0.15, 0.2) is 53.4 Å². The third-order valence-corrected chi connectivity index (χ3v) is 4.93. The highest BCUT2D eigenvalue weighted by Gasteiger charge is 2.15. The Kier molecular flexibility index (Phi) is 5.58. The summed E-state index contributed by atoms with van der Waals surface area (Å²) in [7, 11) is 0.279. The molecule has 0 aromatic heterocycles. The van der Waals surface area contributed by atoms with Gasteiger partial charge in [0.25, 0.3) is 5.91 Å². The second kappa shape index (κ2) is 7.46. The quantitative estimate of drug-likeness (QED) is 0.840. The van der Waals surface area contributed by atoms with E-state index < -0.39 is 10.0 Å². The second-order valence-corrected chi connectivity index (χ2v) is 7.19. The zero-order chi connectivity index (χ0) is 17.7. The molecule has 6 nitrogen and oxygen atoms in total. The fourth-order valence-electron chi connectivity index (χ4n) is 2.12. The highest BCUT2D eigenvalue weighted by molar-refractivity contribution is 7.89. The zero-order valence-corrected chi connectivity index (χ0v) is 14.7. The number of sulfonamides is 1. The molecule has 0 saturated heterocycles. The van der Waals surface area contributed by atoms with Gasteiger partial charge in [-0.25, -0.2) is 13.1 Å². The molecule has 0 fully saturated rings. The summed E-state index contributed by atoms with van der Waals surface area (Å²) in [5, 5.41) is 2.76. The van der Waals surface area contributed by atoms with Crippen LogP contribution in [0.3, 0.4) is 0 Å². The lowest BCUT2D eigenvalue weighted by atomic mass is 10.2. The van der Waals surface area contributed by atoms with Gasteiger partial charge >= 0.3 is 0 Å². The van der Waals surface area contributed by atoms with Crippen molar-refractivity contribution in [1.82, 2.24) is 4.72 Å². The molecule has 0 aliphatic carbocycles. The van der Waals surface area contributed by atoms with Gasteiger partial charge in [-0.3, -0.25) is 4.79 Å². The SMILES string of the molecule is CCNS(=O)(=O)c1cccc(C(=O)Nc2ccc(N(C)C)cc2)c1. The van der Waals surface area contributed by atoms with E-state index in [2.05, 4.69) is 10.0 Å². The van der Waals surface area contributed by atoms with Crippen LogP contribution >= 0.6 is 0 Å². The number of anilines is 2. The predicted octanol–water partition coefficient (Wildman–Crippen LogP) is 2.30. The smallest absolute Gasteiger partial charge is 0.255 e. The Balaban J connectivity index is 2.18. The summed E-state index contributed by atoms with van der Waals surface area (Å²) >= 11 is 0. The molecule has 0 aliphatic rings. The number of carbonyl (C=O) groups is 1. The maximum Gasteiger partial charge on any atom is 0.255 e. The highest BCUT2D eigenvalue weighted by atomic mass is 32.2. The first-order valence-electron chi connectivity index (χ1n) is 7.52. The molecule has 2 N–H and O–H groups in total. The first-order chi connectivity index (χ1) is 11.3. The molecule has 1 amide bonds. The van der Waals surface area contributed by atoms with Crippen molar-refractivity contribution >= 4 is 27.3 Å². The molecule has 0 aliphatic heterocycles. The van der Waals surface area contributed by atoms with Crippen LogP contribution in [0.25, 0.3) is 0 Å². The number of nitrogens with one attached hydrogen (secondary N) is 2. The van der Waals surface area contributed by atoms with E-state index in [0.29, 0.717) is 5.69 Å². The van der Waals surface area contributed by atoms with Gasteiger partial charge in [0.15, 0.2) is 0 Å². The van der Waals surface area contributed by atoms with Crippen molar-refractivity contribution in [2.75, 3.05) is 30.9 Å². The van der Waals surface area contributed by atoms with E-state index in [1.54, 1.807) is 31.2 Å². The third kappa shape index (κ3) is 4.33. The van der Waals surface area contributed by atoms with Crippen LogP contribution in [0.1, 0.15) is 17.3 Å². The number of benzene rings is 2. The number of carbonyl (C=O) groups excluding carboxylic acids is 1. The van der Waals surface area contributed by atoms with Crippen molar-refractivity contribution in [1.29, 1.82) is 0 Å². The minimum Gasteiger partial charge on any atom is -0.378 e. The number of amides is 1. The Bertz CT molecular complexity index is 815. The van der Waals surface area contributed by atoms with Gasteiger partial charge in [-0.2, -0.15) is 0 Å². The molecule has 0 heterocycles. The van der Waals surface area contributed by atoms with Crippen molar-refractivity contribution in [3.05, 3.63) is 54.1 Å². The van der Waals surface area contributed by atoms with E-state index in [1.807, 2.05) is 31.1 Å². The number of rotatable bonds is 6. The van der Waals surface area contributed by atoms with Gasteiger partial charge in [0.05, 0.1) is 4.90 Å². The van der Waals surface area contributed by atoms with Gasteiger partial charge in [-0.15, -0.1) is 0 Å². The lowest BCUT2D eigenvalue weighted by Crippen LogP contribution is -2.23. The maximum absolute atomic E-state index is 12.3. The topological polar surface area (TPSA) is 78.5 Å². The molecular weight excluding hydrogens is 326 g/mol. The summed E-state index contributed by atoms with van der Waals surface area (Å²) in [6.07, 6.45) is 0. The van der Waals surface area contributed by atoms with Crippen LogP contribution in [-0.4, -0.2) is 35.0 Å². The Morgan fingerprint density at radius 1 is 1.08 bits per heavy atom. The lowest BCUT2D eigenvalue weighted by Gasteiger charge is -2.13. The van der Waals surface area contributed by atoms with Crippen LogP contribution < -0.4 is 14.9 Å². The molecule has 2 rings (SSSR count). The lowest BCUT2D eigenvalue weighted by molar-refractivity contribution is 0.102. The maximum atomic E-state index is 12.3. The summed E-state index contributed by atoms with van der Waals surface area (Å²) in [6.45, 7) is 1.99. The molecule has 0 bridgehead atoms. The monoisotopic (exact) mass is 347 g/mol. The van der Waals surface area contributed by atoms with Crippen molar-refractivity contribution in [2.45, 2.75) is 11.8 Å². The van der Waals surface area contributed by atoms with Crippen LogP contribution in [0.5, 0.6) is 0 Å². The fourth-order valence-corrected chi connectivity index (χ4v) is 3.21. The van der Waals surface area contributed by atoms with E-state index in [1.165, 1.54) is 12.1 Å². The van der Waals surface area contributed by atoms with Crippen molar-refractivity contribution < 1.29 is 13.2 Å². The van der Waals surface area contributed by atoms with Gasteiger partial charge in [-0.05, 0) is 42.5 Å². The third-order valence-electron chi connectivity index (χ3n) is 3.38. The fraction of sp³-hybridized carbons (Fsp3) is 0.235. The van der Waals surface area contributed by atoms with Crippen LogP contribution in [0.4, 0.5) is 11.4 Å². The van der Waals surface area contributed by atoms with Gasteiger partial charge in [0.2, 0.25) is 10.0 Å². The normalized spacial score (nSPS) is 11.1. The van der Waals surface area contributed by atoms with E-state index in [0.717, 1.165) is 5.69 Å². The molecule has 0 atom stereocenters. The number of nitrogens with zero attached hydrogens (tertiary/aromatic N) is 1. The number of hydrogen-bond donors (Lipinski definition) is 2. The van der Waals surface area contributed by atoms with Crippen LogP contribution in [-0.2, 0) is 10.0 Å². The van der Waals surface area contributed by atoms with Crippen molar-refractivity contribution in [2.24, 2.45) is 0 Å². The van der Waals surface area contributed by atoms with Gasteiger partial charge in [0, 0.05) is 37.6 Å². The van der Waals surface area contributed by atoms with Crippen LogP contribution in [0.2, 0.25) is 0 Å². The Morgan fingerprint density at radius 3 is 2.33 bits per heavy atom. The summed E-state index contributed by atoms with van der Waals surface area (Å²) < 4.78 is 26.4. The highest BCUT2D eigenvalue weighted by Crippen LogP contribution is 2.17. The zero-order valence-electron chi connectivity index (χ0n) is 13.9. The largest absolute Gasteiger partial charge is 0.378 e. The summed E-state index contributed by atoms with van der Waals surface area (Å²) in [4.78, 5) is 14.4. The van der Waals surface area contributed by atoms with E-state index in [9.17, 15) is 13.2 Å². The Hall–Kier alpha value is -2.38. The van der Waals surface area contributed by atoms with Crippen LogP contribution in [0, 0.1) is 0 Å². The Morgan fingerprint density at radius 2 is 1.75 bits per heavy atom. The van der Waals surface area contributed by atoms with Gasteiger partial charge in [0.1, 0.15) is 0 Å². The molecule has 7 heteroatoms. The predicted molar refractivity (Wildman–Crippen MR) is 96.0 cm³/mol. The molecule has 0 unspecified atom stereocenters. The second-order valence-electron chi connectivity index (χ2n) is 5.42. The summed E-state index contributed by atoms with van der Waals surface area (Å²) in [6, 6.07) is 13.3. The molecule has 2 aromatic carbocycles. The van der Waals surface area contributed by atoms with E-state index >= 15 is 0 Å². The van der Waals surface area contributed by atoms with Gasteiger partial charge in [-0.1, -0.05) is 13.0 Å². The number of hydrogen-bond acceptors (Lipinski definition) is 4. The molecule has 0 spiro atoms. The molecule has 128 valence electrons. The summed E-state index contributed by atoms with van der Waals surface area (Å²) in [5.74, 6) is -0.360. The molecule has 0 saturated carbocycles. The van der Waals surface area contributed by atoms with Gasteiger partial charge < -0.3 is 10.2 Å². The van der Waals surface area contributed by atoms with E-state index in [-0.39, 0.29) is 22.9 Å². The average Bonchev–Trinajstić information content (AvgIpc) is 2.55. The van der Waals surface area contributed by atoms with Crippen molar-refractivity contribution in [3.8, 4) is 0 Å². The van der Waals surface area contributed by atoms with Crippen molar-refractivity contribution in [3.63, 3.8) is 0 Å². The average molecular weight is 347 g/mol.